The van der Waals surface area contributed by atoms with Crippen molar-refractivity contribution in [3.05, 3.63) is 76.8 Å². The fourth-order valence-electron chi connectivity index (χ4n) is 2.66. The van der Waals surface area contributed by atoms with E-state index >= 15 is 0 Å². The van der Waals surface area contributed by atoms with E-state index in [-0.39, 0.29) is 12.5 Å². The molecule has 0 unspecified atom stereocenters. The Morgan fingerprint density at radius 3 is 2.69 bits per heavy atom. The molecular formula is C21H16BrN3O2S2. The Balaban J connectivity index is 1.31. The van der Waals surface area contributed by atoms with Gasteiger partial charge in [0.05, 0.1) is 4.47 Å². The van der Waals surface area contributed by atoms with Crippen LogP contribution in [-0.2, 0) is 10.5 Å². The zero-order valence-electron chi connectivity index (χ0n) is 15.2. The van der Waals surface area contributed by atoms with E-state index < -0.39 is 0 Å². The molecule has 3 aromatic carbocycles. The molecule has 0 aliphatic heterocycles. The highest BCUT2D eigenvalue weighted by atomic mass is 79.9. The van der Waals surface area contributed by atoms with Gasteiger partial charge in [0.15, 0.2) is 10.9 Å². The van der Waals surface area contributed by atoms with Crippen LogP contribution in [0.5, 0.6) is 5.75 Å². The maximum absolute atomic E-state index is 12.2. The predicted molar refractivity (Wildman–Crippen MR) is 122 cm³/mol. The van der Waals surface area contributed by atoms with E-state index in [1.54, 1.807) is 11.8 Å². The summed E-state index contributed by atoms with van der Waals surface area (Å²) in [6.45, 7) is -0.108. The second kappa shape index (κ2) is 9.39. The van der Waals surface area contributed by atoms with Crippen LogP contribution >= 0.6 is 39.0 Å². The number of rotatable bonds is 7. The second-order valence-electron chi connectivity index (χ2n) is 6.08. The lowest BCUT2D eigenvalue weighted by atomic mass is 10.1. The average molecular weight is 486 g/mol. The maximum Gasteiger partial charge on any atom is 0.264 e. The van der Waals surface area contributed by atoms with Gasteiger partial charge in [-0.15, -0.1) is 10.2 Å². The third-order valence-electron chi connectivity index (χ3n) is 4.04. The molecule has 0 bridgehead atoms. The molecule has 0 spiro atoms. The van der Waals surface area contributed by atoms with E-state index in [9.17, 15) is 4.79 Å². The quantitative estimate of drug-likeness (QED) is 0.266. The number of carbonyl (C=O) groups is 1. The van der Waals surface area contributed by atoms with Crippen LogP contribution in [0, 0.1) is 0 Å². The summed E-state index contributed by atoms with van der Waals surface area (Å²) in [5.74, 6) is 1.15. The number of aromatic nitrogens is 2. The molecule has 0 atom stereocenters. The fraction of sp³-hybridized carbons (Fsp3) is 0.0952. The first kappa shape index (κ1) is 19.9. The molecule has 5 nitrogen and oxygen atoms in total. The number of fused-ring (bicyclic) bond motifs is 1. The molecule has 8 heteroatoms. The number of ether oxygens (including phenoxy) is 1. The van der Waals surface area contributed by atoms with Gasteiger partial charge in [0, 0.05) is 5.75 Å². The van der Waals surface area contributed by atoms with Crippen molar-refractivity contribution in [2.24, 2.45) is 0 Å². The monoisotopic (exact) mass is 485 g/mol. The Labute approximate surface area is 184 Å². The maximum atomic E-state index is 12.2. The second-order valence-corrected chi connectivity index (χ2v) is 9.08. The lowest BCUT2D eigenvalue weighted by Crippen LogP contribution is -2.20. The van der Waals surface area contributed by atoms with Gasteiger partial charge < -0.3 is 4.74 Å². The number of hydrogen-bond donors (Lipinski definition) is 1. The molecule has 0 saturated carbocycles. The first-order valence-corrected chi connectivity index (χ1v) is 11.4. The minimum Gasteiger partial charge on any atom is -0.483 e. The number of halogens is 1. The van der Waals surface area contributed by atoms with Crippen LogP contribution in [-0.4, -0.2) is 22.7 Å². The number of benzene rings is 3. The smallest absolute Gasteiger partial charge is 0.264 e. The fourth-order valence-corrected chi connectivity index (χ4v) is 4.99. The molecule has 0 radical (unpaired) electrons. The van der Waals surface area contributed by atoms with Crippen LogP contribution in [0.1, 0.15) is 5.56 Å². The number of thioether (sulfide) groups is 1. The number of hydrogen-bond acceptors (Lipinski definition) is 6. The number of nitrogens with zero attached hydrogens (tertiary/aromatic N) is 2. The summed E-state index contributed by atoms with van der Waals surface area (Å²) in [6.07, 6.45) is 0. The Morgan fingerprint density at radius 1 is 1.03 bits per heavy atom. The molecule has 0 aliphatic rings. The summed E-state index contributed by atoms with van der Waals surface area (Å²) in [7, 11) is 0. The zero-order chi connectivity index (χ0) is 20.1. The SMILES string of the molecule is O=C(COc1ccc2ccccc2c1Br)Nc1nnc(SCc2ccccc2)s1. The summed E-state index contributed by atoms with van der Waals surface area (Å²) in [6, 6.07) is 21.9. The summed E-state index contributed by atoms with van der Waals surface area (Å²) in [5, 5.41) is 13.5. The van der Waals surface area contributed by atoms with Gasteiger partial charge >= 0.3 is 0 Å². The molecule has 29 heavy (non-hydrogen) atoms. The minimum absolute atomic E-state index is 0.108. The largest absolute Gasteiger partial charge is 0.483 e. The molecule has 0 aliphatic carbocycles. The highest BCUT2D eigenvalue weighted by Crippen LogP contribution is 2.33. The number of amides is 1. The number of nitrogens with one attached hydrogen (secondary N) is 1. The third kappa shape index (κ3) is 5.14. The molecule has 1 heterocycles. The normalized spacial score (nSPS) is 10.8. The van der Waals surface area contributed by atoms with E-state index in [1.807, 2.05) is 54.6 Å². The molecule has 146 valence electrons. The average Bonchev–Trinajstić information content (AvgIpc) is 3.20. The lowest BCUT2D eigenvalue weighted by molar-refractivity contribution is -0.118. The Hall–Kier alpha value is -2.42. The minimum atomic E-state index is -0.277. The van der Waals surface area contributed by atoms with Crippen molar-refractivity contribution in [2.75, 3.05) is 11.9 Å². The van der Waals surface area contributed by atoms with Crippen molar-refractivity contribution in [2.45, 2.75) is 10.1 Å². The van der Waals surface area contributed by atoms with Gasteiger partial charge in [0.1, 0.15) is 5.75 Å². The molecule has 4 aromatic rings. The van der Waals surface area contributed by atoms with Gasteiger partial charge in [0.25, 0.3) is 5.91 Å². The van der Waals surface area contributed by atoms with Crippen LogP contribution < -0.4 is 10.1 Å². The van der Waals surface area contributed by atoms with Crippen molar-refractivity contribution in [1.82, 2.24) is 10.2 Å². The summed E-state index contributed by atoms with van der Waals surface area (Å²) >= 11 is 6.50. The van der Waals surface area contributed by atoms with Crippen LogP contribution in [0.3, 0.4) is 0 Å². The van der Waals surface area contributed by atoms with Gasteiger partial charge in [-0.2, -0.15) is 0 Å². The molecule has 1 N–H and O–H groups in total. The summed E-state index contributed by atoms with van der Waals surface area (Å²) in [4.78, 5) is 12.2. The molecule has 1 amide bonds. The summed E-state index contributed by atoms with van der Waals surface area (Å²) < 4.78 is 7.32. The van der Waals surface area contributed by atoms with Gasteiger partial charge in [-0.05, 0) is 38.3 Å². The van der Waals surface area contributed by atoms with E-state index in [4.69, 9.17) is 4.74 Å². The van der Waals surface area contributed by atoms with Crippen molar-refractivity contribution in [3.63, 3.8) is 0 Å². The topological polar surface area (TPSA) is 64.1 Å². The standard InChI is InChI=1S/C21H16BrN3O2S2/c22-19-16-9-5-4-8-15(16)10-11-17(19)27-12-18(26)23-20-24-25-21(29-20)28-13-14-6-2-1-3-7-14/h1-11H,12-13H2,(H,23,24,26). The highest BCUT2D eigenvalue weighted by Gasteiger charge is 2.11. The van der Waals surface area contributed by atoms with Crippen LogP contribution in [0.25, 0.3) is 10.8 Å². The van der Waals surface area contributed by atoms with E-state index in [1.165, 1.54) is 16.9 Å². The number of anilines is 1. The van der Waals surface area contributed by atoms with Crippen LogP contribution in [0.15, 0.2) is 75.5 Å². The molecule has 0 fully saturated rings. The van der Waals surface area contributed by atoms with Gasteiger partial charge in [-0.25, -0.2) is 0 Å². The Kier molecular flexibility index (Phi) is 6.43. The van der Waals surface area contributed by atoms with Crippen molar-refractivity contribution >= 4 is 60.8 Å². The lowest BCUT2D eigenvalue weighted by Gasteiger charge is -2.09. The highest BCUT2D eigenvalue weighted by molar-refractivity contribution is 9.10. The Morgan fingerprint density at radius 2 is 1.83 bits per heavy atom. The van der Waals surface area contributed by atoms with Crippen molar-refractivity contribution < 1.29 is 9.53 Å². The van der Waals surface area contributed by atoms with Gasteiger partial charge in [-0.1, -0.05) is 83.8 Å². The molecular weight excluding hydrogens is 470 g/mol. The van der Waals surface area contributed by atoms with Crippen molar-refractivity contribution in [3.8, 4) is 5.75 Å². The van der Waals surface area contributed by atoms with Gasteiger partial charge in [-0.3, -0.25) is 10.1 Å². The van der Waals surface area contributed by atoms with Gasteiger partial charge in [0.2, 0.25) is 5.13 Å². The molecule has 4 rings (SSSR count). The first-order chi connectivity index (χ1) is 14.2. The summed E-state index contributed by atoms with van der Waals surface area (Å²) in [5.41, 5.74) is 1.22. The predicted octanol–water partition coefficient (Wildman–Crippen LogP) is 5.76. The van der Waals surface area contributed by atoms with E-state index in [2.05, 4.69) is 43.6 Å². The van der Waals surface area contributed by atoms with Crippen molar-refractivity contribution in [1.29, 1.82) is 0 Å². The third-order valence-corrected chi connectivity index (χ3v) is 6.91. The molecule has 0 saturated heterocycles. The van der Waals surface area contributed by atoms with Crippen LogP contribution in [0.4, 0.5) is 5.13 Å². The van der Waals surface area contributed by atoms with E-state index in [0.717, 1.165) is 25.3 Å². The zero-order valence-corrected chi connectivity index (χ0v) is 18.4. The van der Waals surface area contributed by atoms with E-state index in [0.29, 0.717) is 10.9 Å². The van der Waals surface area contributed by atoms with Crippen LogP contribution in [0.2, 0.25) is 0 Å². The number of carbonyl (C=O) groups excluding carboxylic acids is 1. The molecule has 1 aromatic heterocycles. The Bertz CT molecular complexity index is 1140. The first-order valence-electron chi connectivity index (χ1n) is 8.79.